The van der Waals surface area contributed by atoms with E-state index < -0.39 is 17.7 Å². The molecule has 2 aromatic rings. The molecule has 1 amide bonds. The molecule has 7 heteroatoms. The molecule has 0 radical (unpaired) electrons. The Labute approximate surface area is 219 Å². The Hall–Kier alpha value is -3.42. The summed E-state index contributed by atoms with van der Waals surface area (Å²) in [6.45, 7) is 14.3. The minimum atomic E-state index is -0.674. The third-order valence-corrected chi connectivity index (χ3v) is 6.89. The number of Topliss-reactive ketones (excluding diaryl/α,β-unsaturated/α-hetero) is 1. The van der Waals surface area contributed by atoms with Crippen LogP contribution in [0, 0.1) is 0 Å². The molecule has 2 saturated heterocycles. The Balaban J connectivity index is 1.71. The van der Waals surface area contributed by atoms with Gasteiger partial charge in [-0.2, -0.15) is 0 Å². The summed E-state index contributed by atoms with van der Waals surface area (Å²) in [6, 6.07) is 14.1. The number of nitrogens with zero attached hydrogens (tertiary/aromatic N) is 2. The predicted octanol–water partition coefficient (Wildman–Crippen LogP) is 4.30. The number of aliphatic hydroxyl groups is 1. The summed E-state index contributed by atoms with van der Waals surface area (Å²) in [5.41, 5.74) is 2.47. The van der Waals surface area contributed by atoms with E-state index in [9.17, 15) is 14.7 Å². The van der Waals surface area contributed by atoms with E-state index in [2.05, 4.69) is 32.3 Å². The largest absolute Gasteiger partial charge is 0.507 e. The van der Waals surface area contributed by atoms with E-state index in [0.717, 1.165) is 24.2 Å². The summed E-state index contributed by atoms with van der Waals surface area (Å²) in [4.78, 5) is 30.4. The van der Waals surface area contributed by atoms with E-state index in [1.807, 2.05) is 24.3 Å². The fourth-order valence-corrected chi connectivity index (χ4v) is 4.72. The van der Waals surface area contributed by atoms with Gasteiger partial charge in [-0.05, 0) is 40.8 Å². The standard InChI is InChI=1S/C30H36N2O5/c1-5-18-37-24-12-8-22(9-13-24)27(33)25-26(21-6-10-23(11-7-21)30(2,3)4)32(29(35)28(25)34)15-14-31-16-19-36-20-17-31/h5-13,26,33H,1,14-20H2,2-4H3/t26-/m1/s1. The van der Waals surface area contributed by atoms with Gasteiger partial charge in [0.1, 0.15) is 18.1 Å². The van der Waals surface area contributed by atoms with Gasteiger partial charge in [-0.3, -0.25) is 14.5 Å². The topological polar surface area (TPSA) is 79.3 Å². The first-order valence-corrected chi connectivity index (χ1v) is 12.7. The molecule has 0 aliphatic carbocycles. The SMILES string of the molecule is C=CCOc1ccc(C(O)=C2C(=O)C(=O)N(CCN3CCOCC3)[C@@H]2c2ccc(C(C)(C)C)cc2)cc1. The van der Waals surface area contributed by atoms with E-state index >= 15 is 0 Å². The number of likely N-dealkylation sites (tertiary alicyclic amines) is 1. The van der Waals surface area contributed by atoms with Crippen LogP contribution < -0.4 is 4.74 Å². The highest BCUT2D eigenvalue weighted by Crippen LogP contribution is 2.40. The number of hydrogen-bond acceptors (Lipinski definition) is 6. The van der Waals surface area contributed by atoms with E-state index in [1.54, 1.807) is 35.2 Å². The van der Waals surface area contributed by atoms with Crippen LogP contribution in [-0.4, -0.2) is 72.6 Å². The van der Waals surface area contributed by atoms with Crippen molar-refractivity contribution in [1.82, 2.24) is 9.80 Å². The van der Waals surface area contributed by atoms with Gasteiger partial charge in [0.2, 0.25) is 0 Å². The molecule has 0 aromatic heterocycles. The summed E-state index contributed by atoms with van der Waals surface area (Å²) < 4.78 is 11.0. The second kappa shape index (κ2) is 11.3. The normalized spacial score (nSPS) is 20.3. The molecule has 0 saturated carbocycles. The number of carbonyl (C=O) groups excluding carboxylic acids is 2. The average molecular weight is 505 g/mol. The first-order valence-electron chi connectivity index (χ1n) is 12.7. The summed E-state index contributed by atoms with van der Waals surface area (Å²) >= 11 is 0. The van der Waals surface area contributed by atoms with Crippen molar-refractivity contribution in [3.63, 3.8) is 0 Å². The minimum Gasteiger partial charge on any atom is -0.507 e. The lowest BCUT2D eigenvalue weighted by Gasteiger charge is -2.31. The number of amides is 1. The van der Waals surface area contributed by atoms with Crippen LogP contribution in [-0.2, 0) is 19.7 Å². The molecule has 1 N–H and O–H groups in total. The highest BCUT2D eigenvalue weighted by molar-refractivity contribution is 6.46. The van der Waals surface area contributed by atoms with Gasteiger partial charge in [-0.1, -0.05) is 57.7 Å². The lowest BCUT2D eigenvalue weighted by Crippen LogP contribution is -2.42. The Bertz CT molecular complexity index is 1160. The number of hydrogen-bond donors (Lipinski definition) is 1. The zero-order valence-electron chi connectivity index (χ0n) is 21.9. The van der Waals surface area contributed by atoms with Gasteiger partial charge in [-0.15, -0.1) is 0 Å². The smallest absolute Gasteiger partial charge is 0.295 e. The molecule has 2 aliphatic heterocycles. The number of rotatable bonds is 8. The summed E-state index contributed by atoms with van der Waals surface area (Å²) in [7, 11) is 0. The van der Waals surface area contributed by atoms with Gasteiger partial charge in [0, 0.05) is 31.7 Å². The molecule has 0 spiro atoms. The second-order valence-electron chi connectivity index (χ2n) is 10.4. The number of ether oxygens (including phenoxy) is 2. The van der Waals surface area contributed by atoms with Crippen molar-refractivity contribution in [1.29, 1.82) is 0 Å². The zero-order valence-corrected chi connectivity index (χ0v) is 21.9. The zero-order chi connectivity index (χ0) is 26.6. The fraction of sp³-hybridized carbons (Fsp3) is 0.400. The Kier molecular flexibility index (Phi) is 8.15. The molecule has 4 rings (SSSR count). The van der Waals surface area contributed by atoms with Gasteiger partial charge >= 0.3 is 0 Å². The third-order valence-electron chi connectivity index (χ3n) is 6.89. The molecular formula is C30H36N2O5. The monoisotopic (exact) mass is 504 g/mol. The lowest BCUT2D eigenvalue weighted by molar-refractivity contribution is -0.140. The fourth-order valence-electron chi connectivity index (χ4n) is 4.72. The number of benzene rings is 2. The van der Waals surface area contributed by atoms with Crippen molar-refractivity contribution in [3.8, 4) is 5.75 Å². The van der Waals surface area contributed by atoms with E-state index in [0.29, 0.717) is 44.2 Å². The number of aliphatic hydroxyl groups excluding tert-OH is 1. The van der Waals surface area contributed by atoms with E-state index in [4.69, 9.17) is 9.47 Å². The molecule has 2 aliphatic rings. The van der Waals surface area contributed by atoms with Crippen LogP contribution in [0.25, 0.3) is 5.76 Å². The summed E-state index contributed by atoms with van der Waals surface area (Å²) in [6.07, 6.45) is 1.65. The van der Waals surface area contributed by atoms with Gasteiger partial charge in [0.05, 0.1) is 24.8 Å². The molecule has 2 aromatic carbocycles. The Morgan fingerprint density at radius 2 is 1.70 bits per heavy atom. The van der Waals surface area contributed by atoms with Crippen molar-refractivity contribution >= 4 is 17.4 Å². The Morgan fingerprint density at radius 3 is 2.30 bits per heavy atom. The number of carbonyl (C=O) groups is 2. The predicted molar refractivity (Wildman–Crippen MR) is 144 cm³/mol. The molecule has 196 valence electrons. The first-order chi connectivity index (χ1) is 17.7. The highest BCUT2D eigenvalue weighted by Gasteiger charge is 2.46. The van der Waals surface area contributed by atoms with Crippen molar-refractivity contribution in [2.24, 2.45) is 0 Å². The maximum atomic E-state index is 13.3. The summed E-state index contributed by atoms with van der Waals surface area (Å²) in [5, 5.41) is 11.3. The number of morpholine rings is 1. The van der Waals surface area contributed by atoms with Gasteiger partial charge < -0.3 is 19.5 Å². The molecule has 37 heavy (non-hydrogen) atoms. The third kappa shape index (κ3) is 5.95. The summed E-state index contributed by atoms with van der Waals surface area (Å²) in [5.74, 6) is -0.828. The molecule has 1 atom stereocenters. The van der Waals surface area contributed by atoms with Crippen LogP contribution in [0.15, 0.2) is 66.8 Å². The molecule has 2 fully saturated rings. The van der Waals surface area contributed by atoms with Crippen molar-refractivity contribution in [2.45, 2.75) is 32.2 Å². The average Bonchev–Trinajstić information content (AvgIpc) is 3.15. The molecule has 7 nitrogen and oxygen atoms in total. The van der Waals surface area contributed by atoms with E-state index in [1.165, 1.54) is 0 Å². The van der Waals surface area contributed by atoms with E-state index in [-0.39, 0.29) is 16.7 Å². The van der Waals surface area contributed by atoms with Gasteiger partial charge in [0.15, 0.2) is 0 Å². The minimum absolute atomic E-state index is 0.0356. The molecule has 0 unspecified atom stereocenters. The van der Waals surface area contributed by atoms with Crippen LogP contribution in [0.1, 0.15) is 43.5 Å². The maximum absolute atomic E-state index is 13.3. The van der Waals surface area contributed by atoms with Crippen LogP contribution in [0.5, 0.6) is 5.75 Å². The molecule has 0 bridgehead atoms. The van der Waals surface area contributed by atoms with Crippen LogP contribution in [0.4, 0.5) is 0 Å². The Morgan fingerprint density at radius 1 is 1.05 bits per heavy atom. The van der Waals surface area contributed by atoms with Crippen LogP contribution in [0.2, 0.25) is 0 Å². The number of ketones is 1. The molecular weight excluding hydrogens is 468 g/mol. The molecule has 2 heterocycles. The van der Waals surface area contributed by atoms with Crippen molar-refractivity contribution in [2.75, 3.05) is 46.0 Å². The van der Waals surface area contributed by atoms with Gasteiger partial charge in [0.25, 0.3) is 11.7 Å². The van der Waals surface area contributed by atoms with Crippen LogP contribution in [0.3, 0.4) is 0 Å². The van der Waals surface area contributed by atoms with Crippen molar-refractivity contribution in [3.05, 3.63) is 83.4 Å². The van der Waals surface area contributed by atoms with Gasteiger partial charge in [-0.25, -0.2) is 0 Å². The van der Waals surface area contributed by atoms with Crippen molar-refractivity contribution < 1.29 is 24.2 Å². The van der Waals surface area contributed by atoms with Crippen LogP contribution >= 0.6 is 0 Å². The lowest BCUT2D eigenvalue weighted by atomic mass is 9.85. The highest BCUT2D eigenvalue weighted by atomic mass is 16.5. The maximum Gasteiger partial charge on any atom is 0.295 e. The quantitative estimate of drug-likeness (QED) is 0.250. The second-order valence-corrected chi connectivity index (χ2v) is 10.4. The first kappa shape index (κ1) is 26.6.